The first-order valence-corrected chi connectivity index (χ1v) is 4.60. The van der Waals surface area contributed by atoms with Crippen LogP contribution in [-0.4, -0.2) is 4.57 Å². The maximum Gasteiger partial charge on any atom is 0.265 e. The Kier molecular flexibility index (Phi) is 2.93. The van der Waals surface area contributed by atoms with Crippen LogP contribution in [0.1, 0.15) is 6.92 Å². The molecule has 0 aliphatic heterocycles. The van der Waals surface area contributed by atoms with E-state index in [1.807, 2.05) is 6.92 Å². The first-order valence-electron chi connectivity index (χ1n) is 3.80. The van der Waals surface area contributed by atoms with Crippen LogP contribution in [0.5, 0.6) is 0 Å². The summed E-state index contributed by atoms with van der Waals surface area (Å²) in [6.07, 6.45) is 1.61. The van der Waals surface area contributed by atoms with E-state index in [0.717, 1.165) is 5.57 Å². The smallest absolute Gasteiger partial charge is 0.265 e. The maximum absolute atomic E-state index is 11.5. The zero-order chi connectivity index (χ0) is 10.0. The molecule has 3 nitrogen and oxygen atoms in total. The number of hydrogen-bond acceptors (Lipinski definition) is 2. The highest BCUT2D eigenvalue weighted by atomic mass is 79.9. The second kappa shape index (κ2) is 3.79. The Hall–Kier alpha value is -1.03. The normalized spacial score (nSPS) is 10.0. The van der Waals surface area contributed by atoms with E-state index in [4.69, 9.17) is 5.73 Å². The Bertz CT molecular complexity index is 395. The van der Waals surface area contributed by atoms with E-state index in [0.29, 0.717) is 16.7 Å². The number of anilines is 1. The van der Waals surface area contributed by atoms with Gasteiger partial charge in [-0.2, -0.15) is 0 Å². The summed E-state index contributed by atoms with van der Waals surface area (Å²) >= 11 is 3.14. The Morgan fingerprint density at radius 2 is 2.38 bits per heavy atom. The van der Waals surface area contributed by atoms with Gasteiger partial charge in [0.2, 0.25) is 0 Å². The van der Waals surface area contributed by atoms with Crippen molar-refractivity contribution < 1.29 is 0 Å². The predicted octanol–water partition coefficient (Wildman–Crippen LogP) is 1.77. The topological polar surface area (TPSA) is 48.0 Å². The van der Waals surface area contributed by atoms with E-state index in [1.54, 1.807) is 12.3 Å². The van der Waals surface area contributed by atoms with Gasteiger partial charge in [-0.1, -0.05) is 12.2 Å². The van der Waals surface area contributed by atoms with Crippen molar-refractivity contribution in [1.82, 2.24) is 4.57 Å². The molecule has 0 aliphatic rings. The van der Waals surface area contributed by atoms with Gasteiger partial charge < -0.3 is 10.3 Å². The summed E-state index contributed by atoms with van der Waals surface area (Å²) in [5.74, 6) is 0. The van der Waals surface area contributed by atoms with Gasteiger partial charge in [0.1, 0.15) is 0 Å². The number of pyridine rings is 1. The SMILES string of the molecule is C=C(C)Cn1cc(N)cc(Br)c1=O. The molecule has 0 saturated carbocycles. The molecule has 0 aliphatic carbocycles. The molecular weight excluding hydrogens is 232 g/mol. The van der Waals surface area contributed by atoms with Crippen molar-refractivity contribution in [3.05, 3.63) is 39.2 Å². The number of halogens is 1. The summed E-state index contributed by atoms with van der Waals surface area (Å²) in [6.45, 7) is 6.10. The van der Waals surface area contributed by atoms with Gasteiger partial charge in [-0.15, -0.1) is 0 Å². The molecule has 0 aromatic carbocycles. The number of nitrogen functional groups attached to an aromatic ring is 1. The number of hydrogen-bond donors (Lipinski definition) is 1. The molecule has 2 N–H and O–H groups in total. The van der Waals surface area contributed by atoms with Crippen molar-refractivity contribution in [3.63, 3.8) is 0 Å². The van der Waals surface area contributed by atoms with Gasteiger partial charge in [0.15, 0.2) is 0 Å². The lowest BCUT2D eigenvalue weighted by Gasteiger charge is -2.06. The van der Waals surface area contributed by atoms with Crippen LogP contribution >= 0.6 is 15.9 Å². The lowest BCUT2D eigenvalue weighted by atomic mass is 10.3. The summed E-state index contributed by atoms with van der Waals surface area (Å²) in [4.78, 5) is 11.5. The maximum atomic E-state index is 11.5. The standard InChI is InChI=1S/C9H11BrN2O/c1-6(2)4-12-5-7(11)3-8(10)9(12)13/h3,5H,1,4,11H2,2H3. The molecule has 0 spiro atoms. The highest BCUT2D eigenvalue weighted by molar-refractivity contribution is 9.10. The molecule has 1 rings (SSSR count). The van der Waals surface area contributed by atoms with Crippen molar-refractivity contribution in [2.45, 2.75) is 13.5 Å². The molecule has 0 saturated heterocycles. The first kappa shape index (κ1) is 10.1. The monoisotopic (exact) mass is 242 g/mol. The fourth-order valence-electron chi connectivity index (χ4n) is 1.03. The fraction of sp³-hybridized carbons (Fsp3) is 0.222. The molecule has 1 heterocycles. The zero-order valence-corrected chi connectivity index (χ0v) is 8.97. The third-order valence-electron chi connectivity index (χ3n) is 1.50. The summed E-state index contributed by atoms with van der Waals surface area (Å²) in [5.41, 5.74) is 6.98. The fourth-order valence-corrected chi connectivity index (χ4v) is 1.52. The molecule has 0 unspecified atom stereocenters. The third kappa shape index (κ3) is 2.45. The minimum absolute atomic E-state index is 0.0859. The average molecular weight is 243 g/mol. The van der Waals surface area contributed by atoms with Crippen molar-refractivity contribution in [2.75, 3.05) is 5.73 Å². The molecule has 70 valence electrons. The quantitative estimate of drug-likeness (QED) is 0.804. The van der Waals surface area contributed by atoms with E-state index in [2.05, 4.69) is 22.5 Å². The lowest BCUT2D eigenvalue weighted by molar-refractivity contribution is 0.747. The highest BCUT2D eigenvalue weighted by Gasteiger charge is 2.01. The van der Waals surface area contributed by atoms with Crippen LogP contribution in [0.25, 0.3) is 0 Å². The van der Waals surface area contributed by atoms with Gasteiger partial charge in [0.25, 0.3) is 5.56 Å². The van der Waals surface area contributed by atoms with Gasteiger partial charge in [-0.05, 0) is 28.9 Å². The van der Waals surface area contributed by atoms with Crippen molar-refractivity contribution in [1.29, 1.82) is 0 Å². The van der Waals surface area contributed by atoms with Crippen LogP contribution in [0.2, 0.25) is 0 Å². The number of rotatable bonds is 2. The van der Waals surface area contributed by atoms with Gasteiger partial charge in [0.05, 0.1) is 4.47 Å². The number of allylic oxidation sites excluding steroid dienone is 1. The van der Waals surface area contributed by atoms with Gasteiger partial charge >= 0.3 is 0 Å². The second-order valence-corrected chi connectivity index (χ2v) is 3.87. The van der Waals surface area contributed by atoms with Crippen LogP contribution in [0.15, 0.2) is 33.7 Å². The highest BCUT2D eigenvalue weighted by Crippen LogP contribution is 2.08. The number of aromatic nitrogens is 1. The molecule has 13 heavy (non-hydrogen) atoms. The van der Waals surface area contributed by atoms with Crippen LogP contribution < -0.4 is 11.3 Å². The number of nitrogens with two attached hydrogens (primary N) is 1. The van der Waals surface area contributed by atoms with Crippen LogP contribution in [0, 0.1) is 0 Å². The minimum atomic E-state index is -0.0859. The van der Waals surface area contributed by atoms with Crippen LogP contribution in [0.4, 0.5) is 5.69 Å². The van der Waals surface area contributed by atoms with E-state index < -0.39 is 0 Å². The summed E-state index contributed by atoms with van der Waals surface area (Å²) < 4.78 is 2.01. The lowest BCUT2D eigenvalue weighted by Crippen LogP contribution is -2.21. The Balaban J connectivity index is 3.21. The minimum Gasteiger partial charge on any atom is -0.398 e. The molecule has 4 heteroatoms. The van der Waals surface area contributed by atoms with E-state index >= 15 is 0 Å². The van der Waals surface area contributed by atoms with E-state index in [1.165, 1.54) is 4.57 Å². The van der Waals surface area contributed by atoms with Gasteiger partial charge in [-0.25, -0.2) is 0 Å². The molecule has 0 bridgehead atoms. The first-order chi connectivity index (χ1) is 6.00. The Morgan fingerprint density at radius 3 is 2.92 bits per heavy atom. The third-order valence-corrected chi connectivity index (χ3v) is 2.07. The summed E-state index contributed by atoms with van der Waals surface area (Å²) in [5, 5.41) is 0. The van der Waals surface area contributed by atoms with Gasteiger partial charge in [-0.3, -0.25) is 4.79 Å². The zero-order valence-electron chi connectivity index (χ0n) is 7.38. The second-order valence-electron chi connectivity index (χ2n) is 3.01. The predicted molar refractivity (Wildman–Crippen MR) is 57.6 cm³/mol. The molecule has 0 radical (unpaired) electrons. The molecule has 0 amide bonds. The van der Waals surface area contributed by atoms with Gasteiger partial charge in [0, 0.05) is 18.4 Å². The summed E-state index contributed by atoms with van der Waals surface area (Å²) in [6, 6.07) is 1.59. The van der Waals surface area contributed by atoms with Crippen LogP contribution in [0.3, 0.4) is 0 Å². The molecule has 1 aromatic heterocycles. The number of nitrogens with zero attached hydrogens (tertiary/aromatic N) is 1. The van der Waals surface area contributed by atoms with E-state index in [-0.39, 0.29) is 5.56 Å². The van der Waals surface area contributed by atoms with Crippen molar-refractivity contribution in [3.8, 4) is 0 Å². The van der Waals surface area contributed by atoms with E-state index in [9.17, 15) is 4.79 Å². The largest absolute Gasteiger partial charge is 0.398 e. The Labute approximate surface area is 85.0 Å². The molecule has 1 aromatic rings. The average Bonchev–Trinajstić information content (AvgIpc) is 1.98. The molecule has 0 atom stereocenters. The van der Waals surface area contributed by atoms with Crippen LogP contribution in [-0.2, 0) is 6.54 Å². The molecule has 0 fully saturated rings. The summed E-state index contributed by atoms with van der Waals surface area (Å²) in [7, 11) is 0. The van der Waals surface area contributed by atoms with Crippen molar-refractivity contribution in [2.24, 2.45) is 0 Å². The molecular formula is C9H11BrN2O. The Morgan fingerprint density at radius 1 is 1.77 bits per heavy atom. The van der Waals surface area contributed by atoms with Crippen molar-refractivity contribution >= 4 is 21.6 Å².